The third kappa shape index (κ3) is 5.09. The number of esters is 1. The number of ketones is 1. The number of methoxy groups -OCH3 is 2. The molecule has 3 heterocycles. The summed E-state index contributed by atoms with van der Waals surface area (Å²) in [4.78, 5) is 33.5. The summed E-state index contributed by atoms with van der Waals surface area (Å²) in [6.45, 7) is 2.42. The van der Waals surface area contributed by atoms with E-state index in [2.05, 4.69) is 6.08 Å². The molecule has 0 amide bonds. The van der Waals surface area contributed by atoms with Gasteiger partial charge in [0, 0.05) is 24.7 Å². The molecule has 2 aliphatic heterocycles. The van der Waals surface area contributed by atoms with Crippen LogP contribution in [0.4, 0.5) is 0 Å². The molecule has 1 aliphatic carbocycles. The van der Waals surface area contributed by atoms with Gasteiger partial charge < -0.3 is 23.7 Å². The van der Waals surface area contributed by atoms with Gasteiger partial charge in [0.15, 0.2) is 22.6 Å². The maximum atomic E-state index is 13.7. The molecule has 2 aromatic rings. The summed E-state index contributed by atoms with van der Waals surface area (Å²) < 4.78 is 27.8. The number of carbonyl (C=O) groups is 2. The average molecular weight is 537 g/mol. The van der Waals surface area contributed by atoms with E-state index in [9.17, 15) is 9.59 Å². The fourth-order valence-electron chi connectivity index (χ4n) is 4.52. The number of hydrogen-bond acceptors (Lipinski definition) is 10. The highest BCUT2D eigenvalue weighted by Crippen LogP contribution is 2.37. The van der Waals surface area contributed by atoms with E-state index in [0.717, 1.165) is 24.0 Å². The van der Waals surface area contributed by atoms with E-state index >= 15 is 0 Å². The lowest BCUT2D eigenvalue weighted by molar-refractivity contribution is -0.148. The van der Waals surface area contributed by atoms with Gasteiger partial charge in [0.25, 0.3) is 0 Å². The first-order valence-electron chi connectivity index (χ1n) is 12.3. The SMILES string of the molecule is CCOC(=O)C1C(=O)c2sc(C3=COC=C(C4=CC=CCC4)O3)nc2CN1Cc1ccc(OC)cc1OC. The smallest absolute Gasteiger partial charge is 0.331 e. The minimum Gasteiger partial charge on any atom is -0.497 e. The summed E-state index contributed by atoms with van der Waals surface area (Å²) in [5.41, 5.74) is 2.39. The maximum Gasteiger partial charge on any atom is 0.331 e. The lowest BCUT2D eigenvalue weighted by Crippen LogP contribution is -2.49. The molecule has 5 rings (SSSR count). The van der Waals surface area contributed by atoms with Crippen molar-refractivity contribution in [3.8, 4) is 11.5 Å². The Bertz CT molecular complexity index is 1370. The molecular weight excluding hydrogens is 508 g/mol. The van der Waals surface area contributed by atoms with E-state index in [0.29, 0.717) is 38.6 Å². The van der Waals surface area contributed by atoms with Gasteiger partial charge in [-0.2, -0.15) is 0 Å². The van der Waals surface area contributed by atoms with Gasteiger partial charge in [0.1, 0.15) is 24.0 Å². The van der Waals surface area contributed by atoms with Crippen LogP contribution in [-0.2, 0) is 32.1 Å². The van der Waals surface area contributed by atoms with Crippen LogP contribution in [0.25, 0.3) is 5.76 Å². The Kier molecular flexibility index (Phi) is 7.62. The Morgan fingerprint density at radius 3 is 2.79 bits per heavy atom. The van der Waals surface area contributed by atoms with Crippen LogP contribution in [0.15, 0.2) is 60.3 Å². The van der Waals surface area contributed by atoms with E-state index in [1.807, 2.05) is 24.3 Å². The number of hydrogen-bond donors (Lipinski definition) is 0. The first-order valence-corrected chi connectivity index (χ1v) is 13.1. The lowest BCUT2D eigenvalue weighted by atomic mass is 10.0. The summed E-state index contributed by atoms with van der Waals surface area (Å²) in [6, 6.07) is 4.33. The van der Waals surface area contributed by atoms with Crippen molar-refractivity contribution in [3.05, 3.63) is 81.4 Å². The number of benzene rings is 1. The average Bonchev–Trinajstić information content (AvgIpc) is 3.39. The minimum absolute atomic E-state index is 0.168. The largest absolute Gasteiger partial charge is 0.497 e. The number of nitrogens with zero attached hydrogens (tertiary/aromatic N) is 2. The van der Waals surface area contributed by atoms with Crippen molar-refractivity contribution in [2.45, 2.75) is 38.9 Å². The van der Waals surface area contributed by atoms with Crippen LogP contribution in [0.2, 0.25) is 0 Å². The number of fused-ring (bicyclic) bond motifs is 1. The molecular formula is C28H28N2O7S. The third-order valence-electron chi connectivity index (χ3n) is 6.38. The Morgan fingerprint density at radius 2 is 2.05 bits per heavy atom. The van der Waals surface area contributed by atoms with E-state index < -0.39 is 12.0 Å². The van der Waals surface area contributed by atoms with Crippen LogP contribution in [0.3, 0.4) is 0 Å². The lowest BCUT2D eigenvalue weighted by Gasteiger charge is -2.32. The zero-order valence-corrected chi connectivity index (χ0v) is 22.2. The Labute approximate surface area is 224 Å². The number of carbonyl (C=O) groups excluding carboxylic acids is 2. The van der Waals surface area contributed by atoms with Gasteiger partial charge in [-0.25, -0.2) is 9.78 Å². The highest BCUT2D eigenvalue weighted by molar-refractivity contribution is 7.15. The van der Waals surface area contributed by atoms with E-state index in [1.165, 1.54) is 17.6 Å². The molecule has 0 spiro atoms. The Morgan fingerprint density at radius 1 is 1.21 bits per heavy atom. The van der Waals surface area contributed by atoms with Gasteiger partial charge in [-0.3, -0.25) is 9.69 Å². The quantitative estimate of drug-likeness (QED) is 0.350. The molecule has 3 aliphatic rings. The van der Waals surface area contributed by atoms with Crippen LogP contribution >= 0.6 is 11.3 Å². The van der Waals surface area contributed by atoms with Gasteiger partial charge in [-0.15, -0.1) is 11.3 Å². The van der Waals surface area contributed by atoms with Crippen molar-refractivity contribution in [2.24, 2.45) is 0 Å². The molecule has 0 radical (unpaired) electrons. The predicted molar refractivity (Wildman–Crippen MR) is 140 cm³/mol. The molecule has 0 N–H and O–H groups in total. The van der Waals surface area contributed by atoms with Crippen molar-refractivity contribution >= 4 is 28.8 Å². The number of ether oxygens (including phenoxy) is 5. The molecule has 38 heavy (non-hydrogen) atoms. The summed E-state index contributed by atoms with van der Waals surface area (Å²) in [7, 11) is 3.14. The van der Waals surface area contributed by atoms with E-state index in [1.54, 1.807) is 38.4 Å². The van der Waals surface area contributed by atoms with Crippen molar-refractivity contribution in [1.29, 1.82) is 0 Å². The summed E-state index contributed by atoms with van der Waals surface area (Å²) in [5, 5.41) is 0.507. The highest BCUT2D eigenvalue weighted by Gasteiger charge is 2.42. The van der Waals surface area contributed by atoms with Crippen LogP contribution in [0.5, 0.6) is 11.5 Å². The van der Waals surface area contributed by atoms with Gasteiger partial charge >= 0.3 is 5.97 Å². The van der Waals surface area contributed by atoms with Crippen LogP contribution in [0, 0.1) is 0 Å². The second-order valence-corrected chi connectivity index (χ2v) is 9.76. The third-order valence-corrected chi connectivity index (χ3v) is 7.50. The first-order chi connectivity index (χ1) is 18.5. The first kappa shape index (κ1) is 25.7. The zero-order chi connectivity index (χ0) is 26.6. The van der Waals surface area contributed by atoms with Gasteiger partial charge in [-0.05, 0) is 31.4 Å². The molecule has 1 unspecified atom stereocenters. The summed E-state index contributed by atoms with van der Waals surface area (Å²) in [6.07, 6.45) is 10.9. The fraction of sp³-hybridized carbons (Fsp3) is 0.321. The highest BCUT2D eigenvalue weighted by atomic mass is 32.1. The molecule has 198 valence electrons. The Hall–Kier alpha value is -3.89. The molecule has 1 aromatic carbocycles. The van der Waals surface area contributed by atoms with Crippen molar-refractivity contribution in [3.63, 3.8) is 0 Å². The number of rotatable bonds is 8. The number of Topliss-reactive ketones (excluding diaryl/α,β-unsaturated/α-hetero) is 1. The Balaban J connectivity index is 1.43. The fourth-order valence-corrected chi connectivity index (χ4v) is 5.50. The van der Waals surface area contributed by atoms with Crippen LogP contribution in [0.1, 0.15) is 45.7 Å². The maximum absolute atomic E-state index is 13.7. The van der Waals surface area contributed by atoms with Crippen LogP contribution < -0.4 is 9.47 Å². The van der Waals surface area contributed by atoms with Gasteiger partial charge in [0.2, 0.25) is 5.78 Å². The molecule has 1 aromatic heterocycles. The molecule has 0 fully saturated rings. The minimum atomic E-state index is -1.10. The predicted octanol–water partition coefficient (Wildman–Crippen LogP) is 4.75. The molecule has 1 atom stereocenters. The number of thiazole rings is 1. The molecule has 0 saturated heterocycles. The molecule has 9 nitrogen and oxygen atoms in total. The topological polar surface area (TPSA) is 96.4 Å². The summed E-state index contributed by atoms with van der Waals surface area (Å²) in [5.74, 6) is 1.32. The number of allylic oxidation sites excluding steroid dienone is 4. The van der Waals surface area contributed by atoms with Gasteiger partial charge in [-0.1, -0.05) is 24.3 Å². The monoisotopic (exact) mass is 536 g/mol. The summed E-state index contributed by atoms with van der Waals surface area (Å²) >= 11 is 1.19. The zero-order valence-electron chi connectivity index (χ0n) is 21.4. The second kappa shape index (κ2) is 11.2. The van der Waals surface area contributed by atoms with Crippen LogP contribution in [-0.4, -0.2) is 48.5 Å². The van der Waals surface area contributed by atoms with Gasteiger partial charge in [0.05, 0.1) is 31.4 Å². The normalized spacial score (nSPS) is 18.9. The van der Waals surface area contributed by atoms with Crippen molar-refractivity contribution in [2.75, 3.05) is 20.8 Å². The van der Waals surface area contributed by atoms with Crippen molar-refractivity contribution < 1.29 is 33.3 Å². The number of aromatic nitrogens is 1. The molecule has 0 bridgehead atoms. The van der Waals surface area contributed by atoms with E-state index in [-0.39, 0.29) is 25.5 Å². The standard InChI is InChI=1S/C28H28N2O7S/c1-4-36-28(32)24-25(31)26-20(14-30(24)13-18-10-11-19(33-2)12-21(18)34-3)29-27(38-26)23-16-35-15-22(37-23)17-8-6-5-7-9-17/h5-6,8,10-12,15-16,24H,4,7,9,13-14H2,1-3H3. The molecule has 0 saturated carbocycles. The second-order valence-electron chi connectivity index (χ2n) is 8.76. The van der Waals surface area contributed by atoms with Crippen molar-refractivity contribution in [1.82, 2.24) is 9.88 Å². The van der Waals surface area contributed by atoms with E-state index in [4.69, 9.17) is 28.7 Å². The molecule has 10 heteroatoms.